The molecular weight excluding hydrogens is 316 g/mol. The summed E-state index contributed by atoms with van der Waals surface area (Å²) < 4.78 is 10.8. The molecule has 25 heavy (non-hydrogen) atoms. The maximum atomic E-state index is 12.4. The first kappa shape index (κ1) is 17.5. The molecule has 1 fully saturated rings. The third-order valence-electron chi connectivity index (χ3n) is 5.03. The van der Waals surface area contributed by atoms with Crippen molar-refractivity contribution in [1.29, 1.82) is 0 Å². The topological polar surface area (TPSA) is 54.7 Å². The van der Waals surface area contributed by atoms with Crippen LogP contribution >= 0.6 is 0 Å². The van der Waals surface area contributed by atoms with Gasteiger partial charge in [-0.25, -0.2) is 0 Å². The molecule has 0 radical (unpaired) electrons. The van der Waals surface area contributed by atoms with Crippen LogP contribution in [0, 0.1) is 6.92 Å². The number of hydrogen-bond acceptors (Lipinski definition) is 4. The van der Waals surface area contributed by atoms with Crippen LogP contribution in [0.25, 0.3) is 0 Å². The van der Waals surface area contributed by atoms with Crippen LogP contribution in [0.1, 0.15) is 47.5 Å². The van der Waals surface area contributed by atoms with Gasteiger partial charge in [0.25, 0.3) is 5.91 Å². The summed E-state index contributed by atoms with van der Waals surface area (Å²) in [5, 5.41) is 3.15. The number of likely N-dealkylation sites (tertiary alicyclic amines) is 1. The third kappa shape index (κ3) is 4.04. The highest BCUT2D eigenvalue weighted by Gasteiger charge is 2.26. The number of benzene rings is 1. The smallest absolute Gasteiger partial charge is 0.251 e. The fourth-order valence-electron chi connectivity index (χ4n) is 3.44. The van der Waals surface area contributed by atoms with Crippen molar-refractivity contribution in [1.82, 2.24) is 10.2 Å². The lowest BCUT2D eigenvalue weighted by Crippen LogP contribution is -2.45. The van der Waals surface area contributed by atoms with Crippen molar-refractivity contribution >= 4 is 5.91 Å². The van der Waals surface area contributed by atoms with Crippen molar-refractivity contribution in [3.05, 3.63) is 53.5 Å². The van der Waals surface area contributed by atoms with Crippen molar-refractivity contribution in [2.45, 2.75) is 38.8 Å². The van der Waals surface area contributed by atoms with Crippen molar-refractivity contribution in [3.63, 3.8) is 0 Å². The second-order valence-corrected chi connectivity index (χ2v) is 6.66. The van der Waals surface area contributed by atoms with E-state index in [9.17, 15) is 4.79 Å². The van der Waals surface area contributed by atoms with Crippen LogP contribution in [0.2, 0.25) is 0 Å². The van der Waals surface area contributed by atoms with E-state index in [1.807, 2.05) is 24.3 Å². The summed E-state index contributed by atoms with van der Waals surface area (Å²) in [6.45, 7) is 6.16. The summed E-state index contributed by atoms with van der Waals surface area (Å²) in [6, 6.07) is 9.75. The number of carbonyl (C=O) groups excluding carboxylic acids is 1. The molecule has 0 bridgehead atoms. The van der Waals surface area contributed by atoms with Gasteiger partial charge in [0, 0.05) is 24.7 Å². The van der Waals surface area contributed by atoms with E-state index in [2.05, 4.69) is 24.1 Å². The van der Waals surface area contributed by atoms with Crippen molar-refractivity contribution in [3.8, 4) is 5.75 Å². The summed E-state index contributed by atoms with van der Waals surface area (Å²) in [7, 11) is 1.61. The molecule has 1 aromatic carbocycles. The lowest BCUT2D eigenvalue weighted by molar-refractivity contribution is 0.0887. The SMILES string of the molecule is COc1cccc(C(=O)NC2CCN([C@@H](C)c3occc3C)CC2)c1. The number of hydrogen-bond donors (Lipinski definition) is 1. The molecule has 1 aliphatic rings. The molecule has 2 heterocycles. The number of furan rings is 1. The van der Waals surface area contributed by atoms with Gasteiger partial charge in [0.2, 0.25) is 0 Å². The summed E-state index contributed by atoms with van der Waals surface area (Å²) in [6.07, 6.45) is 3.64. The fourth-order valence-corrected chi connectivity index (χ4v) is 3.44. The fraction of sp³-hybridized carbons (Fsp3) is 0.450. The van der Waals surface area contributed by atoms with Crippen LogP contribution in [0.5, 0.6) is 5.75 Å². The van der Waals surface area contributed by atoms with Crippen LogP contribution in [0.4, 0.5) is 0 Å². The first-order valence-corrected chi connectivity index (χ1v) is 8.81. The summed E-state index contributed by atoms with van der Waals surface area (Å²) in [4.78, 5) is 14.8. The molecule has 1 N–H and O–H groups in total. The second-order valence-electron chi connectivity index (χ2n) is 6.66. The minimum atomic E-state index is -0.0349. The number of nitrogens with one attached hydrogen (secondary N) is 1. The molecule has 5 nitrogen and oxygen atoms in total. The molecule has 1 aliphatic heterocycles. The van der Waals surface area contributed by atoms with E-state index in [1.165, 1.54) is 5.56 Å². The first-order chi connectivity index (χ1) is 12.1. The van der Waals surface area contributed by atoms with Crippen molar-refractivity contribution in [2.24, 2.45) is 0 Å². The number of rotatable bonds is 5. The monoisotopic (exact) mass is 342 g/mol. The number of amides is 1. The number of piperidine rings is 1. The molecular formula is C20H26N2O3. The van der Waals surface area contributed by atoms with Crippen molar-refractivity contribution in [2.75, 3.05) is 20.2 Å². The highest BCUT2D eigenvalue weighted by molar-refractivity contribution is 5.94. The Balaban J connectivity index is 1.54. The van der Waals surface area contributed by atoms with Gasteiger partial charge in [-0.3, -0.25) is 9.69 Å². The van der Waals surface area contributed by atoms with Gasteiger partial charge in [-0.05, 0) is 56.5 Å². The second kappa shape index (κ2) is 7.74. The van der Waals surface area contributed by atoms with E-state index in [0.29, 0.717) is 11.3 Å². The van der Waals surface area contributed by atoms with Crippen molar-refractivity contribution < 1.29 is 13.9 Å². The molecule has 0 unspecified atom stereocenters. The predicted octanol–water partition coefficient (Wildman–Crippen LogP) is 3.55. The van der Waals surface area contributed by atoms with Crippen LogP contribution < -0.4 is 10.1 Å². The van der Waals surface area contributed by atoms with Crippen LogP contribution in [-0.4, -0.2) is 37.0 Å². The third-order valence-corrected chi connectivity index (χ3v) is 5.03. The highest BCUT2D eigenvalue weighted by Crippen LogP contribution is 2.27. The molecule has 1 amide bonds. The number of nitrogens with zero attached hydrogens (tertiary/aromatic N) is 1. The molecule has 1 atom stereocenters. The Morgan fingerprint density at radius 3 is 2.72 bits per heavy atom. The van der Waals surface area contributed by atoms with E-state index >= 15 is 0 Å². The minimum absolute atomic E-state index is 0.0349. The van der Waals surface area contributed by atoms with Crippen LogP contribution in [-0.2, 0) is 0 Å². The van der Waals surface area contributed by atoms with E-state index in [4.69, 9.17) is 9.15 Å². The number of ether oxygens (including phenoxy) is 1. The largest absolute Gasteiger partial charge is 0.497 e. The molecule has 3 rings (SSSR count). The summed E-state index contributed by atoms with van der Waals surface area (Å²) >= 11 is 0. The zero-order chi connectivity index (χ0) is 17.8. The van der Waals surface area contributed by atoms with Gasteiger partial charge < -0.3 is 14.5 Å². The molecule has 134 valence electrons. The molecule has 1 aromatic heterocycles. The van der Waals surface area contributed by atoms with E-state index in [-0.39, 0.29) is 18.0 Å². The molecule has 2 aromatic rings. The highest BCUT2D eigenvalue weighted by atomic mass is 16.5. The van der Waals surface area contributed by atoms with E-state index < -0.39 is 0 Å². The quantitative estimate of drug-likeness (QED) is 0.903. The van der Waals surface area contributed by atoms with E-state index in [1.54, 1.807) is 19.4 Å². The maximum absolute atomic E-state index is 12.4. The van der Waals surface area contributed by atoms with Gasteiger partial charge in [-0.15, -0.1) is 0 Å². The molecule has 0 spiro atoms. The Bertz CT molecular complexity index is 717. The molecule has 0 saturated carbocycles. The minimum Gasteiger partial charge on any atom is -0.497 e. The summed E-state index contributed by atoms with van der Waals surface area (Å²) in [5.74, 6) is 1.70. The zero-order valence-corrected chi connectivity index (χ0v) is 15.1. The first-order valence-electron chi connectivity index (χ1n) is 8.81. The zero-order valence-electron chi connectivity index (χ0n) is 15.1. The Hall–Kier alpha value is -2.27. The molecule has 1 saturated heterocycles. The average Bonchev–Trinajstić information content (AvgIpc) is 3.07. The molecule has 0 aliphatic carbocycles. The Kier molecular flexibility index (Phi) is 5.43. The van der Waals surface area contributed by atoms with Gasteiger partial charge in [0.15, 0.2) is 0 Å². The van der Waals surface area contributed by atoms with Crippen LogP contribution in [0.3, 0.4) is 0 Å². The van der Waals surface area contributed by atoms with Crippen LogP contribution in [0.15, 0.2) is 41.0 Å². The predicted molar refractivity (Wildman–Crippen MR) is 96.9 cm³/mol. The Labute approximate surface area is 149 Å². The molecule has 5 heteroatoms. The number of aryl methyl sites for hydroxylation is 1. The Morgan fingerprint density at radius 1 is 1.32 bits per heavy atom. The average molecular weight is 342 g/mol. The van der Waals surface area contributed by atoms with E-state index in [0.717, 1.165) is 31.7 Å². The normalized spacial score (nSPS) is 17.2. The maximum Gasteiger partial charge on any atom is 0.251 e. The van der Waals surface area contributed by atoms with Gasteiger partial charge in [-0.1, -0.05) is 6.07 Å². The number of methoxy groups -OCH3 is 1. The standard InChI is InChI=1S/C20H26N2O3/c1-14-9-12-25-19(14)15(2)22-10-7-17(8-11-22)21-20(23)16-5-4-6-18(13-16)24-3/h4-6,9,12-13,15,17H,7-8,10-11H2,1-3H3,(H,21,23)/t15-/m0/s1. The lowest BCUT2D eigenvalue weighted by Gasteiger charge is -2.35. The number of carbonyl (C=O) groups is 1. The van der Waals surface area contributed by atoms with Gasteiger partial charge in [0.05, 0.1) is 19.4 Å². The lowest BCUT2D eigenvalue weighted by atomic mass is 10.0. The van der Waals surface area contributed by atoms with Gasteiger partial charge in [-0.2, -0.15) is 0 Å². The summed E-state index contributed by atoms with van der Waals surface area (Å²) in [5.41, 5.74) is 1.84. The van der Waals surface area contributed by atoms with Gasteiger partial charge in [0.1, 0.15) is 11.5 Å². The Morgan fingerprint density at radius 2 is 2.08 bits per heavy atom. The van der Waals surface area contributed by atoms with Gasteiger partial charge >= 0.3 is 0 Å².